The zero-order valence-electron chi connectivity index (χ0n) is 14.1. The molecule has 3 rings (SSSR count). The topological polar surface area (TPSA) is 12.9 Å². The van der Waals surface area contributed by atoms with Crippen molar-refractivity contribution in [3.05, 3.63) is 78.0 Å². The van der Waals surface area contributed by atoms with Gasteiger partial charge in [0.25, 0.3) is 0 Å². The second-order valence-corrected chi connectivity index (χ2v) is 6.54. The van der Waals surface area contributed by atoms with Crippen LogP contribution in [0.25, 0.3) is 22.4 Å². The fraction of sp³-hybridized carbons (Fsp3) is 0.227. The van der Waals surface area contributed by atoms with Crippen LogP contribution in [0.15, 0.2) is 66.9 Å². The van der Waals surface area contributed by atoms with E-state index in [2.05, 4.69) is 86.4 Å². The van der Waals surface area contributed by atoms with Crippen LogP contribution < -0.4 is 0 Å². The lowest BCUT2D eigenvalue weighted by molar-refractivity contribution is 0.647. The number of hydrogen-bond donors (Lipinski definition) is 0. The Morgan fingerprint density at radius 3 is 2.30 bits per heavy atom. The van der Waals surface area contributed by atoms with E-state index >= 15 is 0 Å². The van der Waals surface area contributed by atoms with Gasteiger partial charge >= 0.3 is 0 Å². The summed E-state index contributed by atoms with van der Waals surface area (Å²) in [4.78, 5) is 4.55. The van der Waals surface area contributed by atoms with Crippen LogP contribution in [-0.4, -0.2) is 4.98 Å². The second-order valence-electron chi connectivity index (χ2n) is 6.54. The van der Waals surface area contributed by atoms with Crippen LogP contribution in [0.3, 0.4) is 0 Å². The molecule has 1 heteroatoms. The molecule has 1 aromatic heterocycles. The predicted molar refractivity (Wildman–Crippen MR) is 98.4 cm³/mol. The number of nitrogens with zero attached hydrogens (tertiary/aromatic N) is 1. The second kappa shape index (κ2) is 6.78. The van der Waals surface area contributed by atoms with Crippen molar-refractivity contribution in [1.29, 1.82) is 0 Å². The maximum Gasteiger partial charge on any atom is 0.0710 e. The summed E-state index contributed by atoms with van der Waals surface area (Å²) in [7, 11) is 0. The van der Waals surface area contributed by atoms with Gasteiger partial charge in [-0.05, 0) is 53.6 Å². The molecule has 3 aromatic rings. The van der Waals surface area contributed by atoms with Crippen molar-refractivity contribution >= 4 is 0 Å². The summed E-state index contributed by atoms with van der Waals surface area (Å²) in [6.07, 6.45) is 3.03. The van der Waals surface area contributed by atoms with E-state index in [-0.39, 0.29) is 0 Å². The Balaban J connectivity index is 1.92. The Labute approximate surface area is 139 Å². The van der Waals surface area contributed by atoms with E-state index in [4.69, 9.17) is 0 Å². The Bertz CT molecular complexity index is 785. The van der Waals surface area contributed by atoms with Gasteiger partial charge in [0.15, 0.2) is 0 Å². The average Bonchev–Trinajstić information content (AvgIpc) is 2.55. The smallest absolute Gasteiger partial charge is 0.0710 e. The van der Waals surface area contributed by atoms with Crippen molar-refractivity contribution in [2.45, 2.75) is 27.2 Å². The van der Waals surface area contributed by atoms with Crippen molar-refractivity contribution in [3.63, 3.8) is 0 Å². The minimum absolute atomic E-state index is 0.689. The van der Waals surface area contributed by atoms with E-state index in [1.165, 1.54) is 27.8 Å². The number of benzene rings is 2. The zero-order chi connectivity index (χ0) is 16.2. The Hall–Kier alpha value is -2.41. The molecule has 0 aliphatic carbocycles. The predicted octanol–water partition coefficient (Wildman–Crippen LogP) is 5.92. The summed E-state index contributed by atoms with van der Waals surface area (Å²) >= 11 is 0. The van der Waals surface area contributed by atoms with Gasteiger partial charge in [-0.1, -0.05) is 62.4 Å². The molecular formula is C22H23N. The highest BCUT2D eigenvalue weighted by molar-refractivity contribution is 5.71. The minimum Gasteiger partial charge on any atom is -0.256 e. The van der Waals surface area contributed by atoms with Crippen molar-refractivity contribution in [1.82, 2.24) is 4.98 Å². The van der Waals surface area contributed by atoms with Gasteiger partial charge in [-0.25, -0.2) is 0 Å². The van der Waals surface area contributed by atoms with E-state index < -0.39 is 0 Å². The van der Waals surface area contributed by atoms with Crippen LogP contribution in [0.1, 0.15) is 25.0 Å². The maximum atomic E-state index is 4.55. The van der Waals surface area contributed by atoms with Crippen LogP contribution in [-0.2, 0) is 6.42 Å². The first-order chi connectivity index (χ1) is 11.1. The normalized spacial score (nSPS) is 11.0. The molecule has 0 aliphatic rings. The van der Waals surface area contributed by atoms with Gasteiger partial charge < -0.3 is 0 Å². The van der Waals surface area contributed by atoms with Crippen LogP contribution in [0, 0.1) is 12.8 Å². The molecule has 23 heavy (non-hydrogen) atoms. The molecule has 116 valence electrons. The highest BCUT2D eigenvalue weighted by Crippen LogP contribution is 2.26. The molecule has 1 heterocycles. The molecule has 0 atom stereocenters. The number of aromatic nitrogens is 1. The molecule has 1 nitrogen and oxygen atoms in total. The molecule has 0 saturated heterocycles. The summed E-state index contributed by atoms with van der Waals surface area (Å²) in [5.74, 6) is 0.689. The molecule has 0 N–H and O–H groups in total. The largest absolute Gasteiger partial charge is 0.256 e. The highest BCUT2D eigenvalue weighted by Gasteiger charge is 2.05. The zero-order valence-corrected chi connectivity index (χ0v) is 14.1. The lowest BCUT2D eigenvalue weighted by Crippen LogP contribution is -1.93. The average molecular weight is 301 g/mol. The number of aryl methyl sites for hydroxylation is 1. The number of rotatable bonds is 4. The fourth-order valence-corrected chi connectivity index (χ4v) is 2.92. The molecule has 0 fully saturated rings. The summed E-state index contributed by atoms with van der Waals surface area (Å²) in [6, 6.07) is 21.6. The van der Waals surface area contributed by atoms with Crippen LogP contribution in [0.5, 0.6) is 0 Å². The third-order valence-corrected chi connectivity index (χ3v) is 4.11. The third kappa shape index (κ3) is 3.68. The first-order valence-corrected chi connectivity index (χ1v) is 8.25. The molecule has 0 saturated carbocycles. The summed E-state index contributed by atoms with van der Waals surface area (Å²) in [5, 5.41) is 0. The van der Waals surface area contributed by atoms with E-state index in [0.29, 0.717) is 5.92 Å². The summed E-state index contributed by atoms with van der Waals surface area (Å²) < 4.78 is 0. The van der Waals surface area contributed by atoms with Gasteiger partial charge in [-0.2, -0.15) is 0 Å². The minimum atomic E-state index is 0.689. The van der Waals surface area contributed by atoms with Gasteiger partial charge in [-0.15, -0.1) is 0 Å². The van der Waals surface area contributed by atoms with Crippen LogP contribution >= 0.6 is 0 Å². The first-order valence-electron chi connectivity index (χ1n) is 8.25. The van der Waals surface area contributed by atoms with E-state index in [9.17, 15) is 0 Å². The van der Waals surface area contributed by atoms with Crippen LogP contribution in [0.2, 0.25) is 0 Å². The summed E-state index contributed by atoms with van der Waals surface area (Å²) in [5.41, 5.74) is 7.35. The van der Waals surface area contributed by atoms with Crippen LogP contribution in [0.4, 0.5) is 0 Å². The van der Waals surface area contributed by atoms with Crippen molar-refractivity contribution in [2.75, 3.05) is 0 Å². The Kier molecular flexibility index (Phi) is 4.57. The van der Waals surface area contributed by atoms with Gasteiger partial charge in [-0.3, -0.25) is 4.98 Å². The summed E-state index contributed by atoms with van der Waals surface area (Å²) in [6.45, 7) is 6.64. The quantitative estimate of drug-likeness (QED) is 0.582. The van der Waals surface area contributed by atoms with Crippen molar-refractivity contribution in [3.8, 4) is 22.4 Å². The first kappa shape index (κ1) is 15.5. The standard InChI is InChI=1S/C22H23N/c1-16(2)14-18-8-10-19(11-9-18)20-12-13-23-22(15-20)21-7-5-4-6-17(21)3/h4-13,15-16H,14H2,1-3H3. The van der Waals surface area contributed by atoms with Gasteiger partial charge in [0.05, 0.1) is 5.69 Å². The third-order valence-electron chi connectivity index (χ3n) is 4.11. The molecule has 0 bridgehead atoms. The Morgan fingerprint density at radius 2 is 1.61 bits per heavy atom. The molecule has 0 radical (unpaired) electrons. The Morgan fingerprint density at radius 1 is 0.870 bits per heavy atom. The van der Waals surface area contributed by atoms with Gasteiger partial charge in [0.1, 0.15) is 0 Å². The molecule has 2 aromatic carbocycles. The lowest BCUT2D eigenvalue weighted by Gasteiger charge is -2.09. The van der Waals surface area contributed by atoms with Crippen molar-refractivity contribution in [2.24, 2.45) is 5.92 Å². The fourth-order valence-electron chi connectivity index (χ4n) is 2.92. The molecule has 0 amide bonds. The number of hydrogen-bond acceptors (Lipinski definition) is 1. The van der Waals surface area contributed by atoms with Gasteiger partial charge in [0, 0.05) is 11.8 Å². The number of pyridine rings is 1. The lowest BCUT2D eigenvalue weighted by atomic mass is 9.98. The monoisotopic (exact) mass is 301 g/mol. The molecule has 0 spiro atoms. The maximum absolute atomic E-state index is 4.55. The van der Waals surface area contributed by atoms with Crippen molar-refractivity contribution < 1.29 is 0 Å². The van der Waals surface area contributed by atoms with E-state index in [1.807, 2.05) is 6.20 Å². The SMILES string of the molecule is Cc1ccccc1-c1cc(-c2ccc(CC(C)C)cc2)ccn1. The molecule has 0 unspecified atom stereocenters. The van der Waals surface area contributed by atoms with Gasteiger partial charge in [0.2, 0.25) is 0 Å². The molecule has 0 aliphatic heterocycles. The van der Waals surface area contributed by atoms with E-state index in [1.54, 1.807) is 0 Å². The molecular weight excluding hydrogens is 278 g/mol. The highest BCUT2D eigenvalue weighted by atomic mass is 14.7. The van der Waals surface area contributed by atoms with E-state index in [0.717, 1.165) is 12.1 Å².